The quantitative estimate of drug-likeness (QED) is 0.871. The van der Waals surface area contributed by atoms with Crippen molar-refractivity contribution in [3.8, 4) is 0 Å². The molecule has 3 nitrogen and oxygen atoms in total. The molecule has 0 fully saturated rings. The van der Waals surface area contributed by atoms with Crippen LogP contribution in [0.5, 0.6) is 0 Å². The van der Waals surface area contributed by atoms with E-state index >= 15 is 0 Å². The first-order valence-corrected chi connectivity index (χ1v) is 5.75. The number of benzene rings is 1. The van der Waals surface area contributed by atoms with Crippen LogP contribution in [0.25, 0.3) is 0 Å². The summed E-state index contributed by atoms with van der Waals surface area (Å²) in [6.07, 6.45) is 0.989. The van der Waals surface area contributed by atoms with Crippen LogP contribution < -0.4 is 5.32 Å². The molecule has 1 N–H and O–H groups in total. The molecule has 7 heteroatoms. The van der Waals surface area contributed by atoms with Gasteiger partial charge in [-0.3, -0.25) is 0 Å². The van der Waals surface area contributed by atoms with Crippen LogP contribution in [-0.4, -0.2) is 17.0 Å². The Hall–Kier alpha value is -1.76. The molecule has 1 aromatic carbocycles. The van der Waals surface area contributed by atoms with Gasteiger partial charge < -0.3 is 5.32 Å². The van der Waals surface area contributed by atoms with E-state index in [1.807, 2.05) is 0 Å². The average Bonchev–Trinajstić information content (AvgIpc) is 2.35. The highest BCUT2D eigenvalue weighted by molar-refractivity contribution is 7.99. The Balaban J connectivity index is 2.33. The van der Waals surface area contributed by atoms with Crippen molar-refractivity contribution in [2.75, 3.05) is 12.4 Å². The summed E-state index contributed by atoms with van der Waals surface area (Å²) in [5.41, 5.74) is 0. The predicted molar refractivity (Wildman–Crippen MR) is 62.0 cm³/mol. The number of hydrogen-bond acceptors (Lipinski definition) is 4. The molecule has 0 aliphatic heterocycles. The molecule has 0 aliphatic carbocycles. The largest absolute Gasteiger partial charge is 0.357 e. The van der Waals surface area contributed by atoms with Gasteiger partial charge in [0.25, 0.3) is 0 Å². The number of nitrogens with one attached hydrogen (secondary N) is 1. The summed E-state index contributed by atoms with van der Waals surface area (Å²) in [5.74, 6) is -1.89. The second kappa shape index (κ2) is 5.26. The summed E-state index contributed by atoms with van der Waals surface area (Å²) in [6, 6.07) is 3.07. The van der Waals surface area contributed by atoms with Gasteiger partial charge in [0.1, 0.15) is 16.7 Å². The first-order valence-electron chi connectivity index (χ1n) is 4.93. The van der Waals surface area contributed by atoms with Crippen molar-refractivity contribution in [3.63, 3.8) is 0 Å². The summed E-state index contributed by atoms with van der Waals surface area (Å²) >= 11 is 0.771. The highest BCUT2D eigenvalue weighted by Gasteiger charge is 2.12. The molecule has 1 heterocycles. The standard InChI is InChI=1S/C11H8F3N3S/c1-15-11-16-5-8(14)10(17-11)18-9-3-2-6(12)4-7(9)13/h2-5H,1H3,(H,15,16,17). The van der Waals surface area contributed by atoms with Crippen LogP contribution >= 0.6 is 11.8 Å². The molecule has 0 saturated carbocycles. The number of halogens is 3. The fraction of sp³-hybridized carbons (Fsp3) is 0.0909. The van der Waals surface area contributed by atoms with E-state index in [1.54, 1.807) is 7.05 Å². The fourth-order valence-electron chi connectivity index (χ4n) is 1.21. The van der Waals surface area contributed by atoms with Gasteiger partial charge in [0.15, 0.2) is 5.82 Å². The molecule has 1 aromatic heterocycles. The SMILES string of the molecule is CNc1ncc(F)c(Sc2ccc(F)cc2F)n1. The summed E-state index contributed by atoms with van der Waals surface area (Å²) in [6.45, 7) is 0. The zero-order chi connectivity index (χ0) is 13.1. The first-order chi connectivity index (χ1) is 8.60. The first kappa shape index (κ1) is 12.7. The molecule has 0 saturated heterocycles. The van der Waals surface area contributed by atoms with Crippen LogP contribution in [0.1, 0.15) is 0 Å². The highest BCUT2D eigenvalue weighted by Crippen LogP contribution is 2.30. The molecule has 0 bridgehead atoms. The maximum Gasteiger partial charge on any atom is 0.223 e. The molecular weight excluding hydrogens is 263 g/mol. The molecule has 0 unspecified atom stereocenters. The van der Waals surface area contributed by atoms with Gasteiger partial charge in [-0.2, -0.15) is 0 Å². The summed E-state index contributed by atoms with van der Waals surface area (Å²) in [4.78, 5) is 7.62. The molecule has 2 rings (SSSR count). The number of nitrogens with zero attached hydrogens (tertiary/aromatic N) is 2. The van der Waals surface area contributed by atoms with E-state index in [-0.39, 0.29) is 15.9 Å². The van der Waals surface area contributed by atoms with Crippen LogP contribution in [0.2, 0.25) is 0 Å². The van der Waals surface area contributed by atoms with E-state index in [0.29, 0.717) is 0 Å². The third-order valence-corrected chi connectivity index (χ3v) is 3.07. The average molecular weight is 271 g/mol. The Morgan fingerprint density at radius 1 is 1.17 bits per heavy atom. The Kier molecular flexibility index (Phi) is 3.71. The predicted octanol–water partition coefficient (Wildman–Crippen LogP) is 3.09. The molecular formula is C11H8F3N3S. The Morgan fingerprint density at radius 2 is 1.94 bits per heavy atom. The van der Waals surface area contributed by atoms with E-state index in [1.165, 1.54) is 6.07 Å². The topological polar surface area (TPSA) is 37.8 Å². The summed E-state index contributed by atoms with van der Waals surface area (Å²) in [5, 5.41) is 2.62. The normalized spacial score (nSPS) is 10.4. The van der Waals surface area contributed by atoms with E-state index in [2.05, 4.69) is 15.3 Å². The number of hydrogen-bond donors (Lipinski definition) is 1. The van der Waals surface area contributed by atoms with Gasteiger partial charge in [-0.1, -0.05) is 11.8 Å². The highest BCUT2D eigenvalue weighted by atomic mass is 32.2. The minimum absolute atomic E-state index is 0.0279. The van der Waals surface area contributed by atoms with E-state index in [4.69, 9.17) is 0 Å². The van der Waals surface area contributed by atoms with E-state index in [0.717, 1.165) is 30.1 Å². The molecule has 0 radical (unpaired) electrons. The molecule has 2 aromatic rings. The zero-order valence-corrected chi connectivity index (χ0v) is 10.1. The van der Waals surface area contributed by atoms with Crippen LogP contribution in [0.4, 0.5) is 19.1 Å². The Labute approximate surface area is 105 Å². The van der Waals surface area contributed by atoms with Crippen LogP contribution in [0.3, 0.4) is 0 Å². The number of aromatic nitrogens is 2. The van der Waals surface area contributed by atoms with Crippen LogP contribution in [0, 0.1) is 17.5 Å². The lowest BCUT2D eigenvalue weighted by molar-refractivity contribution is 0.563. The third-order valence-electron chi connectivity index (χ3n) is 2.04. The van der Waals surface area contributed by atoms with Crippen molar-refractivity contribution in [2.45, 2.75) is 9.92 Å². The maximum absolute atomic E-state index is 13.4. The molecule has 0 spiro atoms. The van der Waals surface area contributed by atoms with E-state index in [9.17, 15) is 13.2 Å². The lowest BCUT2D eigenvalue weighted by atomic mass is 10.3. The Morgan fingerprint density at radius 3 is 2.61 bits per heavy atom. The van der Waals surface area contributed by atoms with Crippen molar-refractivity contribution in [1.82, 2.24) is 9.97 Å². The van der Waals surface area contributed by atoms with Crippen molar-refractivity contribution in [1.29, 1.82) is 0 Å². The molecule has 0 aliphatic rings. The second-order valence-corrected chi connectivity index (χ2v) is 4.30. The monoisotopic (exact) mass is 271 g/mol. The van der Waals surface area contributed by atoms with Gasteiger partial charge in [-0.25, -0.2) is 23.1 Å². The molecule has 0 amide bonds. The second-order valence-electron chi connectivity index (χ2n) is 3.27. The van der Waals surface area contributed by atoms with Gasteiger partial charge in [0, 0.05) is 18.0 Å². The van der Waals surface area contributed by atoms with E-state index < -0.39 is 17.5 Å². The van der Waals surface area contributed by atoms with Crippen molar-refractivity contribution >= 4 is 17.7 Å². The van der Waals surface area contributed by atoms with Gasteiger partial charge in [-0.05, 0) is 12.1 Å². The van der Waals surface area contributed by atoms with Gasteiger partial charge in [-0.15, -0.1) is 0 Å². The van der Waals surface area contributed by atoms with Crippen LogP contribution in [0.15, 0.2) is 34.3 Å². The van der Waals surface area contributed by atoms with Crippen LogP contribution in [-0.2, 0) is 0 Å². The molecule has 18 heavy (non-hydrogen) atoms. The summed E-state index contributed by atoms with van der Waals surface area (Å²) in [7, 11) is 1.58. The van der Waals surface area contributed by atoms with Crippen molar-refractivity contribution in [3.05, 3.63) is 41.8 Å². The number of rotatable bonds is 3. The summed E-state index contributed by atoms with van der Waals surface area (Å²) < 4.78 is 39.6. The maximum atomic E-state index is 13.4. The minimum Gasteiger partial charge on any atom is -0.357 e. The van der Waals surface area contributed by atoms with Gasteiger partial charge in [0.2, 0.25) is 5.95 Å². The molecule has 94 valence electrons. The van der Waals surface area contributed by atoms with Crippen molar-refractivity contribution < 1.29 is 13.2 Å². The fourth-order valence-corrected chi connectivity index (χ4v) is 1.99. The smallest absolute Gasteiger partial charge is 0.223 e. The lowest BCUT2D eigenvalue weighted by Gasteiger charge is -2.05. The molecule has 0 atom stereocenters. The Bertz CT molecular complexity index is 577. The minimum atomic E-state index is -0.760. The third kappa shape index (κ3) is 2.73. The zero-order valence-electron chi connectivity index (χ0n) is 9.25. The van der Waals surface area contributed by atoms with Crippen molar-refractivity contribution in [2.24, 2.45) is 0 Å². The van der Waals surface area contributed by atoms with Gasteiger partial charge in [0.05, 0.1) is 6.20 Å². The van der Waals surface area contributed by atoms with Gasteiger partial charge >= 0.3 is 0 Å². The lowest BCUT2D eigenvalue weighted by Crippen LogP contribution is -1.99. The number of anilines is 1.